The SMILES string of the molecule is CSc1ccc(/C=C2\SC(=O)N(CCNC(=O)CN3C(=O)N[C@@]4(C[C@H](C)CC(C)(C)C4)C3=O)C2=O)cc1. The van der Waals surface area contributed by atoms with Crippen molar-refractivity contribution in [2.45, 2.75) is 50.5 Å². The van der Waals surface area contributed by atoms with E-state index in [4.69, 9.17) is 0 Å². The van der Waals surface area contributed by atoms with Crippen LogP contribution in [0.1, 0.15) is 45.6 Å². The highest BCUT2D eigenvalue weighted by atomic mass is 32.2. The maximum atomic E-state index is 13.2. The van der Waals surface area contributed by atoms with Gasteiger partial charge in [-0.25, -0.2) is 4.79 Å². The highest BCUT2D eigenvalue weighted by Gasteiger charge is 2.56. The minimum absolute atomic E-state index is 0.00502. The molecule has 6 amide bonds. The Labute approximate surface area is 225 Å². The number of nitrogens with zero attached hydrogens (tertiary/aromatic N) is 2. The van der Waals surface area contributed by atoms with Crippen molar-refractivity contribution in [1.82, 2.24) is 20.4 Å². The number of hydrogen-bond donors (Lipinski definition) is 2. The van der Waals surface area contributed by atoms with Crippen LogP contribution in [0.5, 0.6) is 0 Å². The molecule has 0 unspecified atom stereocenters. The number of nitrogens with one attached hydrogen (secondary N) is 2. The largest absolute Gasteiger partial charge is 0.353 e. The predicted molar refractivity (Wildman–Crippen MR) is 144 cm³/mol. The molecular formula is C26H32N4O5S2. The molecule has 1 aliphatic carbocycles. The minimum Gasteiger partial charge on any atom is -0.353 e. The number of carbonyl (C=O) groups is 5. The van der Waals surface area contributed by atoms with Gasteiger partial charge >= 0.3 is 6.03 Å². The van der Waals surface area contributed by atoms with E-state index in [-0.39, 0.29) is 30.3 Å². The van der Waals surface area contributed by atoms with E-state index in [1.807, 2.05) is 30.5 Å². The fourth-order valence-corrected chi connectivity index (χ4v) is 6.97. The Morgan fingerprint density at radius 1 is 1.16 bits per heavy atom. The molecule has 1 spiro atoms. The van der Waals surface area contributed by atoms with Crippen LogP contribution >= 0.6 is 23.5 Å². The molecule has 1 saturated carbocycles. The van der Waals surface area contributed by atoms with Crippen LogP contribution in [0.2, 0.25) is 0 Å². The molecule has 4 rings (SSSR count). The molecular weight excluding hydrogens is 512 g/mol. The van der Waals surface area contributed by atoms with E-state index in [1.54, 1.807) is 17.8 Å². The molecule has 3 aliphatic rings. The number of hydrogen-bond acceptors (Lipinski definition) is 7. The van der Waals surface area contributed by atoms with Gasteiger partial charge in [0.1, 0.15) is 12.1 Å². The van der Waals surface area contributed by atoms with E-state index < -0.39 is 35.2 Å². The molecule has 11 heteroatoms. The number of imide groups is 2. The number of thioether (sulfide) groups is 2. The van der Waals surface area contributed by atoms with Crippen LogP contribution in [0.15, 0.2) is 34.1 Å². The van der Waals surface area contributed by atoms with Gasteiger partial charge in [0.05, 0.1) is 4.91 Å². The van der Waals surface area contributed by atoms with Crippen molar-refractivity contribution in [2.24, 2.45) is 11.3 Å². The molecule has 2 aliphatic heterocycles. The minimum atomic E-state index is -0.970. The third kappa shape index (κ3) is 5.87. The number of benzene rings is 1. The van der Waals surface area contributed by atoms with Crippen LogP contribution in [-0.4, -0.2) is 70.2 Å². The van der Waals surface area contributed by atoms with Gasteiger partial charge in [-0.2, -0.15) is 0 Å². The molecule has 9 nitrogen and oxygen atoms in total. The number of amides is 6. The number of carbonyl (C=O) groups excluding carboxylic acids is 5. The summed E-state index contributed by atoms with van der Waals surface area (Å²) in [6, 6.07) is 7.09. The van der Waals surface area contributed by atoms with E-state index in [0.29, 0.717) is 17.7 Å². The predicted octanol–water partition coefficient (Wildman–Crippen LogP) is 3.70. The first-order chi connectivity index (χ1) is 17.4. The van der Waals surface area contributed by atoms with Gasteiger partial charge in [-0.1, -0.05) is 32.9 Å². The van der Waals surface area contributed by atoms with Gasteiger partial charge in [-0.05, 0) is 72.4 Å². The zero-order valence-corrected chi connectivity index (χ0v) is 23.1. The van der Waals surface area contributed by atoms with Crippen LogP contribution in [0.25, 0.3) is 6.08 Å². The lowest BCUT2D eigenvalue weighted by Crippen LogP contribution is -2.54. The summed E-state index contributed by atoms with van der Waals surface area (Å²) in [6.07, 6.45) is 5.69. The summed E-state index contributed by atoms with van der Waals surface area (Å²) in [5, 5.41) is 5.07. The summed E-state index contributed by atoms with van der Waals surface area (Å²) in [5.41, 5.74) is -0.252. The molecule has 1 aromatic rings. The van der Waals surface area contributed by atoms with Crippen LogP contribution in [0, 0.1) is 11.3 Å². The van der Waals surface area contributed by atoms with Crippen LogP contribution < -0.4 is 10.6 Å². The molecule has 0 bridgehead atoms. The van der Waals surface area contributed by atoms with Crippen molar-refractivity contribution in [3.8, 4) is 0 Å². The first kappa shape index (κ1) is 27.3. The summed E-state index contributed by atoms with van der Waals surface area (Å²) in [6.45, 7) is 5.84. The maximum Gasteiger partial charge on any atom is 0.325 e. The quantitative estimate of drug-likeness (QED) is 0.306. The average Bonchev–Trinajstić information content (AvgIpc) is 3.19. The van der Waals surface area contributed by atoms with Gasteiger partial charge in [-0.15, -0.1) is 11.8 Å². The fourth-order valence-electron chi connectivity index (χ4n) is 5.70. The smallest absolute Gasteiger partial charge is 0.325 e. The molecule has 2 saturated heterocycles. The summed E-state index contributed by atoms with van der Waals surface area (Å²) in [5.74, 6) is -1.04. The Balaban J connectivity index is 1.30. The standard InChI is InChI=1S/C26H32N4O5S2/c1-16-12-25(2,3)15-26(13-16)22(33)30(23(34)28-26)14-20(31)27-9-10-29-21(32)19(37-24(29)35)11-17-5-7-18(36-4)8-6-17/h5-8,11,16H,9-10,12-15H2,1-4H3,(H,27,31)(H,28,34)/b19-11-/t16-,26-/m1/s1. The molecule has 2 atom stereocenters. The first-order valence-electron chi connectivity index (χ1n) is 12.2. The first-order valence-corrected chi connectivity index (χ1v) is 14.3. The Bertz CT molecular complexity index is 1170. The second-order valence-corrected chi connectivity index (χ2v) is 12.6. The Kier molecular flexibility index (Phi) is 7.75. The molecule has 198 valence electrons. The van der Waals surface area contributed by atoms with Gasteiger partial charge in [0.25, 0.3) is 17.1 Å². The lowest BCUT2D eigenvalue weighted by molar-refractivity contribution is -0.137. The summed E-state index contributed by atoms with van der Waals surface area (Å²) in [4.78, 5) is 67.0. The topological polar surface area (TPSA) is 116 Å². The van der Waals surface area contributed by atoms with Crippen molar-refractivity contribution in [2.75, 3.05) is 25.9 Å². The normalized spacial score (nSPS) is 26.4. The highest BCUT2D eigenvalue weighted by molar-refractivity contribution is 8.18. The van der Waals surface area contributed by atoms with Gasteiger partial charge in [0, 0.05) is 18.0 Å². The Hall–Kier alpha value is -2.79. The van der Waals surface area contributed by atoms with E-state index in [2.05, 4.69) is 31.4 Å². The Morgan fingerprint density at radius 3 is 2.51 bits per heavy atom. The van der Waals surface area contributed by atoms with Gasteiger partial charge in [-0.3, -0.25) is 29.0 Å². The molecule has 2 heterocycles. The summed E-state index contributed by atoms with van der Waals surface area (Å²) >= 11 is 2.47. The van der Waals surface area contributed by atoms with Crippen LogP contribution in [0.4, 0.5) is 9.59 Å². The molecule has 0 aromatic heterocycles. The third-order valence-electron chi connectivity index (χ3n) is 6.87. The second kappa shape index (κ2) is 10.5. The second-order valence-electron chi connectivity index (χ2n) is 10.7. The van der Waals surface area contributed by atoms with Gasteiger partial charge in [0.15, 0.2) is 0 Å². The van der Waals surface area contributed by atoms with Crippen molar-refractivity contribution in [1.29, 1.82) is 0 Å². The monoisotopic (exact) mass is 544 g/mol. The van der Waals surface area contributed by atoms with Gasteiger partial charge < -0.3 is 10.6 Å². The third-order valence-corrected chi connectivity index (χ3v) is 8.52. The van der Waals surface area contributed by atoms with Crippen molar-refractivity contribution in [3.63, 3.8) is 0 Å². The van der Waals surface area contributed by atoms with E-state index in [9.17, 15) is 24.0 Å². The zero-order valence-electron chi connectivity index (χ0n) is 21.5. The highest BCUT2D eigenvalue weighted by Crippen LogP contribution is 2.46. The Morgan fingerprint density at radius 2 is 1.86 bits per heavy atom. The fraction of sp³-hybridized carbons (Fsp3) is 0.500. The van der Waals surface area contributed by atoms with Crippen molar-refractivity contribution >= 4 is 58.6 Å². The average molecular weight is 545 g/mol. The lowest BCUT2D eigenvalue weighted by Gasteiger charge is -2.43. The summed E-state index contributed by atoms with van der Waals surface area (Å²) < 4.78 is 0. The van der Waals surface area contributed by atoms with Crippen molar-refractivity contribution < 1.29 is 24.0 Å². The lowest BCUT2D eigenvalue weighted by atomic mass is 9.64. The maximum absolute atomic E-state index is 13.2. The molecule has 3 fully saturated rings. The molecule has 0 radical (unpaired) electrons. The molecule has 2 N–H and O–H groups in total. The van der Waals surface area contributed by atoms with E-state index >= 15 is 0 Å². The number of urea groups is 1. The molecule has 37 heavy (non-hydrogen) atoms. The zero-order chi connectivity index (χ0) is 27.0. The van der Waals surface area contributed by atoms with Crippen molar-refractivity contribution in [3.05, 3.63) is 34.7 Å². The summed E-state index contributed by atoms with van der Waals surface area (Å²) in [7, 11) is 0. The van der Waals surface area contributed by atoms with Crippen LogP contribution in [0.3, 0.4) is 0 Å². The molecule has 1 aromatic carbocycles. The van der Waals surface area contributed by atoms with E-state index in [1.165, 1.54) is 0 Å². The van der Waals surface area contributed by atoms with E-state index in [0.717, 1.165) is 38.4 Å². The number of rotatable bonds is 7. The van der Waals surface area contributed by atoms with Gasteiger partial charge in [0.2, 0.25) is 5.91 Å². The van der Waals surface area contributed by atoms with Crippen LogP contribution in [-0.2, 0) is 14.4 Å².